The van der Waals surface area contributed by atoms with E-state index in [4.69, 9.17) is 15.5 Å². The van der Waals surface area contributed by atoms with E-state index < -0.39 is 0 Å². The second kappa shape index (κ2) is 5.94. The zero-order valence-corrected chi connectivity index (χ0v) is 11.4. The van der Waals surface area contributed by atoms with Crippen molar-refractivity contribution in [1.82, 2.24) is 4.98 Å². The Labute approximate surface area is 107 Å². The monoisotopic (exact) mass is 254 g/mol. The molecule has 4 heteroatoms. The van der Waals surface area contributed by atoms with Crippen molar-refractivity contribution in [2.24, 2.45) is 5.73 Å². The van der Waals surface area contributed by atoms with Crippen LogP contribution in [0, 0.1) is 0 Å². The fourth-order valence-corrected chi connectivity index (χ4v) is 3.63. The average molecular weight is 254 g/mol. The lowest BCUT2D eigenvalue weighted by Crippen LogP contribution is -2.31. The van der Waals surface area contributed by atoms with Crippen LogP contribution in [-0.2, 0) is 16.8 Å². The van der Waals surface area contributed by atoms with Gasteiger partial charge in [0.25, 0.3) is 0 Å². The molecule has 0 amide bonds. The van der Waals surface area contributed by atoms with Gasteiger partial charge in [-0.25, -0.2) is 4.98 Å². The van der Waals surface area contributed by atoms with Crippen molar-refractivity contribution in [1.29, 1.82) is 0 Å². The van der Waals surface area contributed by atoms with Crippen LogP contribution in [0.15, 0.2) is 5.38 Å². The summed E-state index contributed by atoms with van der Waals surface area (Å²) in [7, 11) is 1.83. The summed E-state index contributed by atoms with van der Waals surface area (Å²) in [4.78, 5) is 4.75. The number of hydrogen-bond donors (Lipinski definition) is 1. The molecule has 0 aliphatic heterocycles. The normalized spacial score (nSPS) is 19.4. The Bertz CT molecular complexity index is 345. The van der Waals surface area contributed by atoms with Crippen molar-refractivity contribution in [3.05, 3.63) is 16.1 Å². The van der Waals surface area contributed by atoms with E-state index in [2.05, 4.69) is 5.38 Å². The van der Waals surface area contributed by atoms with Crippen molar-refractivity contribution in [2.75, 3.05) is 13.7 Å². The van der Waals surface area contributed by atoms with E-state index in [0.717, 1.165) is 32.2 Å². The fraction of sp³-hybridized carbons (Fsp3) is 0.769. The highest BCUT2D eigenvalue weighted by molar-refractivity contribution is 7.09. The molecule has 0 saturated heterocycles. The van der Waals surface area contributed by atoms with Crippen LogP contribution in [0.1, 0.15) is 49.2 Å². The summed E-state index contributed by atoms with van der Waals surface area (Å²) >= 11 is 1.75. The van der Waals surface area contributed by atoms with E-state index >= 15 is 0 Å². The van der Waals surface area contributed by atoms with Gasteiger partial charge in [0.1, 0.15) is 10.6 Å². The number of rotatable bonds is 5. The van der Waals surface area contributed by atoms with E-state index in [9.17, 15) is 0 Å². The molecule has 0 bridgehead atoms. The number of nitrogens with zero attached hydrogens (tertiary/aromatic N) is 1. The highest BCUT2D eigenvalue weighted by atomic mass is 32.1. The number of methoxy groups -OCH3 is 1. The lowest BCUT2D eigenvalue weighted by Gasteiger charge is -2.34. The van der Waals surface area contributed by atoms with Crippen LogP contribution in [0.4, 0.5) is 0 Å². The summed E-state index contributed by atoms with van der Waals surface area (Å²) in [5, 5.41) is 3.34. The van der Waals surface area contributed by atoms with Gasteiger partial charge in [-0.3, -0.25) is 0 Å². The molecule has 1 aromatic rings. The smallest absolute Gasteiger partial charge is 0.125 e. The second-order valence-corrected chi connectivity index (χ2v) is 5.65. The number of aromatic nitrogens is 1. The third kappa shape index (κ3) is 2.87. The van der Waals surface area contributed by atoms with Gasteiger partial charge in [-0.05, 0) is 32.2 Å². The molecule has 2 rings (SSSR count). The van der Waals surface area contributed by atoms with E-state index in [1.807, 2.05) is 7.11 Å². The molecule has 0 unspecified atom stereocenters. The maximum Gasteiger partial charge on any atom is 0.125 e. The molecule has 1 aromatic heterocycles. The van der Waals surface area contributed by atoms with Gasteiger partial charge in [0.2, 0.25) is 0 Å². The van der Waals surface area contributed by atoms with Gasteiger partial charge >= 0.3 is 0 Å². The van der Waals surface area contributed by atoms with Crippen molar-refractivity contribution < 1.29 is 4.74 Å². The first kappa shape index (κ1) is 13.0. The molecule has 1 aliphatic carbocycles. The first-order chi connectivity index (χ1) is 8.30. The van der Waals surface area contributed by atoms with Crippen LogP contribution in [0.25, 0.3) is 0 Å². The first-order valence-corrected chi connectivity index (χ1v) is 7.39. The Morgan fingerprint density at radius 3 is 2.82 bits per heavy atom. The largest absolute Gasteiger partial charge is 0.371 e. The Hall–Kier alpha value is -0.450. The van der Waals surface area contributed by atoms with Crippen LogP contribution in [0.5, 0.6) is 0 Å². The molecule has 3 nitrogen and oxygen atoms in total. The van der Waals surface area contributed by atoms with Gasteiger partial charge in [0, 0.05) is 12.5 Å². The number of thiazole rings is 1. The van der Waals surface area contributed by atoms with Gasteiger partial charge in [0.05, 0.1) is 5.69 Å². The average Bonchev–Trinajstić information content (AvgIpc) is 2.86. The molecule has 1 aliphatic rings. The zero-order valence-electron chi connectivity index (χ0n) is 10.6. The van der Waals surface area contributed by atoms with Crippen molar-refractivity contribution in [3.8, 4) is 0 Å². The Morgan fingerprint density at radius 1 is 1.41 bits per heavy atom. The summed E-state index contributed by atoms with van der Waals surface area (Å²) < 4.78 is 5.81. The summed E-state index contributed by atoms with van der Waals surface area (Å²) in [5.41, 5.74) is 6.61. The quantitative estimate of drug-likeness (QED) is 0.879. The van der Waals surface area contributed by atoms with Gasteiger partial charge < -0.3 is 10.5 Å². The SMILES string of the molecule is COC1(c2nc(CCCN)cs2)CCCCC1. The van der Waals surface area contributed by atoms with Gasteiger partial charge in [-0.2, -0.15) is 0 Å². The number of nitrogens with two attached hydrogens (primary N) is 1. The summed E-state index contributed by atoms with van der Waals surface area (Å²) in [6.45, 7) is 0.738. The Kier molecular flexibility index (Phi) is 4.54. The lowest BCUT2D eigenvalue weighted by molar-refractivity contribution is -0.0447. The third-order valence-corrected chi connectivity index (χ3v) is 4.71. The Morgan fingerprint density at radius 2 is 2.18 bits per heavy atom. The molecule has 17 heavy (non-hydrogen) atoms. The Balaban J connectivity index is 2.10. The van der Waals surface area contributed by atoms with Crippen LogP contribution < -0.4 is 5.73 Å². The van der Waals surface area contributed by atoms with E-state index in [-0.39, 0.29) is 5.60 Å². The number of hydrogen-bond acceptors (Lipinski definition) is 4. The van der Waals surface area contributed by atoms with Crippen LogP contribution in [0.2, 0.25) is 0 Å². The molecule has 0 spiro atoms. The molecular weight excluding hydrogens is 232 g/mol. The predicted molar refractivity (Wildman–Crippen MR) is 71.3 cm³/mol. The van der Waals surface area contributed by atoms with Gasteiger partial charge in [-0.15, -0.1) is 11.3 Å². The minimum absolute atomic E-state index is 0.0934. The van der Waals surface area contributed by atoms with Gasteiger partial charge in [-0.1, -0.05) is 19.3 Å². The van der Waals surface area contributed by atoms with Crippen LogP contribution in [0.3, 0.4) is 0 Å². The predicted octanol–water partition coefficient (Wildman–Crippen LogP) is 2.84. The lowest BCUT2D eigenvalue weighted by atomic mass is 9.85. The van der Waals surface area contributed by atoms with E-state index in [1.165, 1.54) is 30.0 Å². The minimum atomic E-state index is -0.0934. The molecule has 2 N–H and O–H groups in total. The summed E-state index contributed by atoms with van der Waals surface area (Å²) in [6, 6.07) is 0. The third-order valence-electron chi connectivity index (χ3n) is 3.63. The molecule has 1 saturated carbocycles. The minimum Gasteiger partial charge on any atom is -0.371 e. The molecule has 0 aromatic carbocycles. The zero-order chi connectivity index (χ0) is 12.1. The molecule has 1 fully saturated rings. The molecule has 96 valence electrons. The molecule has 1 heterocycles. The standard InChI is InChI=1S/C13H22N2OS/c1-16-13(7-3-2-4-8-13)12-15-11(10-17-12)6-5-9-14/h10H,2-9,14H2,1H3. The highest BCUT2D eigenvalue weighted by Crippen LogP contribution is 2.41. The summed E-state index contributed by atoms with van der Waals surface area (Å²) in [6.07, 6.45) is 8.09. The highest BCUT2D eigenvalue weighted by Gasteiger charge is 2.36. The van der Waals surface area contributed by atoms with Crippen LogP contribution >= 0.6 is 11.3 Å². The maximum absolute atomic E-state index is 5.81. The van der Waals surface area contributed by atoms with Gasteiger partial charge in [0.15, 0.2) is 0 Å². The fourth-order valence-electron chi connectivity index (χ4n) is 2.54. The molecule has 0 radical (unpaired) electrons. The maximum atomic E-state index is 5.81. The van der Waals surface area contributed by atoms with Crippen molar-refractivity contribution in [3.63, 3.8) is 0 Å². The number of aryl methyl sites for hydroxylation is 1. The summed E-state index contributed by atoms with van der Waals surface area (Å²) in [5.74, 6) is 0. The molecule has 0 atom stereocenters. The first-order valence-electron chi connectivity index (χ1n) is 6.51. The van der Waals surface area contributed by atoms with E-state index in [1.54, 1.807) is 11.3 Å². The van der Waals surface area contributed by atoms with Crippen molar-refractivity contribution in [2.45, 2.75) is 50.5 Å². The number of ether oxygens (including phenoxy) is 1. The topological polar surface area (TPSA) is 48.1 Å². The van der Waals surface area contributed by atoms with Crippen LogP contribution in [-0.4, -0.2) is 18.6 Å². The molecular formula is C13H22N2OS. The second-order valence-electron chi connectivity index (χ2n) is 4.80. The van der Waals surface area contributed by atoms with Crippen molar-refractivity contribution >= 4 is 11.3 Å². The van der Waals surface area contributed by atoms with E-state index in [0.29, 0.717) is 0 Å².